The summed E-state index contributed by atoms with van der Waals surface area (Å²) in [5, 5.41) is 16.1. The lowest BCUT2D eigenvalue weighted by molar-refractivity contribution is -0.247. The van der Waals surface area contributed by atoms with Crippen LogP contribution in [0.3, 0.4) is 0 Å². The third-order valence-corrected chi connectivity index (χ3v) is 6.12. The molecule has 3 aliphatic rings. The van der Waals surface area contributed by atoms with Crippen molar-refractivity contribution in [2.45, 2.75) is 69.6 Å². The van der Waals surface area contributed by atoms with Crippen LogP contribution >= 0.6 is 0 Å². The van der Waals surface area contributed by atoms with E-state index in [1.165, 1.54) is 4.90 Å². The molecule has 8 heteroatoms. The van der Waals surface area contributed by atoms with E-state index in [-0.39, 0.29) is 18.9 Å². The van der Waals surface area contributed by atoms with Crippen molar-refractivity contribution in [3.8, 4) is 16.9 Å². The highest BCUT2D eigenvalue weighted by atomic mass is 19.3. The number of carboxylic acid groups (broad SMARTS) is 1. The molecule has 1 aromatic heterocycles. The van der Waals surface area contributed by atoms with Gasteiger partial charge in [0.25, 0.3) is 5.92 Å². The van der Waals surface area contributed by atoms with E-state index < -0.39 is 18.1 Å². The van der Waals surface area contributed by atoms with Gasteiger partial charge in [0.05, 0.1) is 12.2 Å². The first kappa shape index (κ1) is 18.4. The smallest absolute Gasteiger partial charge is 0.255 e. The summed E-state index contributed by atoms with van der Waals surface area (Å²) in [4.78, 5) is 12.9. The van der Waals surface area contributed by atoms with E-state index in [0.717, 1.165) is 29.5 Å². The molecule has 6 nitrogen and oxygen atoms in total. The molecule has 2 saturated carbocycles. The predicted molar refractivity (Wildman–Crippen MR) is 100 cm³/mol. The Morgan fingerprint density at radius 2 is 2.03 bits per heavy atom. The van der Waals surface area contributed by atoms with Crippen LogP contribution < -0.4 is 14.7 Å². The summed E-state index contributed by atoms with van der Waals surface area (Å²) in [6.45, 7) is 1.83. The van der Waals surface area contributed by atoms with Crippen molar-refractivity contribution in [2.24, 2.45) is 0 Å². The normalized spacial score (nSPS) is 23.4. The SMILES string of the molecule is C[C@H]1CCc2c(ccc(-c3cnn(C4CC4)c3)c2OC2CC(F)(F)C2)N1C(=O)[O-]. The van der Waals surface area contributed by atoms with Crippen molar-refractivity contribution >= 4 is 11.8 Å². The molecular weight excluding hydrogens is 380 g/mol. The average molecular weight is 402 g/mol. The molecule has 0 bridgehead atoms. The summed E-state index contributed by atoms with van der Waals surface area (Å²) >= 11 is 0. The Bertz CT molecular complexity index is 962. The fourth-order valence-corrected chi connectivity index (χ4v) is 4.32. The fraction of sp³-hybridized carbons (Fsp3) is 0.524. The minimum absolute atomic E-state index is 0.211. The Kier molecular flexibility index (Phi) is 4.08. The zero-order chi connectivity index (χ0) is 20.3. The number of halogens is 2. The lowest BCUT2D eigenvalue weighted by atomic mass is 9.89. The number of carbonyl (C=O) groups excluding carboxylic acids is 1. The molecule has 1 aromatic carbocycles. The van der Waals surface area contributed by atoms with Crippen LogP contribution in [0.4, 0.5) is 19.3 Å². The van der Waals surface area contributed by atoms with Crippen molar-refractivity contribution in [2.75, 3.05) is 4.90 Å². The maximum Gasteiger partial charge on any atom is 0.255 e. The molecule has 5 rings (SSSR count). The largest absolute Gasteiger partial charge is 0.530 e. The second-order valence-electron chi connectivity index (χ2n) is 8.41. The third-order valence-electron chi connectivity index (χ3n) is 6.12. The Morgan fingerprint density at radius 1 is 1.28 bits per heavy atom. The summed E-state index contributed by atoms with van der Waals surface area (Å²) in [6, 6.07) is 3.77. The van der Waals surface area contributed by atoms with Gasteiger partial charge in [-0.25, -0.2) is 8.78 Å². The zero-order valence-corrected chi connectivity index (χ0v) is 16.1. The first-order valence-corrected chi connectivity index (χ1v) is 10.1. The quantitative estimate of drug-likeness (QED) is 0.784. The van der Waals surface area contributed by atoms with E-state index >= 15 is 0 Å². The molecule has 1 amide bonds. The molecular formula is C21H22F2N3O3-. The van der Waals surface area contributed by atoms with Crippen LogP contribution in [0, 0.1) is 0 Å². The summed E-state index contributed by atoms with van der Waals surface area (Å²) < 4.78 is 34.8. The van der Waals surface area contributed by atoms with Gasteiger partial charge in [0.15, 0.2) is 0 Å². The van der Waals surface area contributed by atoms with E-state index in [2.05, 4.69) is 5.10 Å². The van der Waals surface area contributed by atoms with Crippen LogP contribution in [0.25, 0.3) is 11.1 Å². The summed E-state index contributed by atoms with van der Waals surface area (Å²) in [6.07, 6.45) is 4.64. The predicted octanol–water partition coefficient (Wildman–Crippen LogP) is 3.55. The Morgan fingerprint density at radius 3 is 2.69 bits per heavy atom. The number of hydrogen-bond donors (Lipinski definition) is 0. The second-order valence-corrected chi connectivity index (χ2v) is 8.41. The molecule has 2 aliphatic carbocycles. The third kappa shape index (κ3) is 3.24. The number of fused-ring (bicyclic) bond motifs is 1. The zero-order valence-electron chi connectivity index (χ0n) is 16.1. The Balaban J connectivity index is 1.57. The molecule has 2 heterocycles. The van der Waals surface area contributed by atoms with Crippen LogP contribution in [0.2, 0.25) is 0 Å². The highest BCUT2D eigenvalue weighted by Gasteiger charge is 2.47. The number of carbonyl (C=O) groups is 1. The van der Waals surface area contributed by atoms with Crippen LogP contribution in [0.15, 0.2) is 24.5 Å². The van der Waals surface area contributed by atoms with E-state index in [9.17, 15) is 18.7 Å². The highest BCUT2D eigenvalue weighted by molar-refractivity contribution is 5.90. The molecule has 2 aromatic rings. The lowest BCUT2D eigenvalue weighted by Crippen LogP contribution is -2.49. The summed E-state index contributed by atoms with van der Waals surface area (Å²) in [5.74, 6) is -2.20. The molecule has 0 spiro atoms. The fourth-order valence-electron chi connectivity index (χ4n) is 4.32. The van der Waals surface area contributed by atoms with Crippen LogP contribution in [-0.4, -0.2) is 33.9 Å². The minimum Gasteiger partial charge on any atom is -0.530 e. The van der Waals surface area contributed by atoms with E-state index in [0.29, 0.717) is 30.3 Å². The van der Waals surface area contributed by atoms with Gasteiger partial charge in [-0.15, -0.1) is 0 Å². The van der Waals surface area contributed by atoms with Crippen LogP contribution in [0.5, 0.6) is 5.75 Å². The van der Waals surface area contributed by atoms with Crippen LogP contribution in [0.1, 0.15) is 50.6 Å². The number of nitrogens with zero attached hydrogens (tertiary/aromatic N) is 3. The number of ether oxygens (including phenoxy) is 1. The van der Waals surface area contributed by atoms with Gasteiger partial charge >= 0.3 is 0 Å². The molecule has 0 unspecified atom stereocenters. The summed E-state index contributed by atoms with van der Waals surface area (Å²) in [5.41, 5.74) is 2.86. The van der Waals surface area contributed by atoms with Crippen molar-refractivity contribution in [1.82, 2.24) is 9.78 Å². The maximum absolute atomic E-state index is 13.4. The second kappa shape index (κ2) is 6.43. The van der Waals surface area contributed by atoms with Gasteiger partial charge in [0, 0.05) is 47.5 Å². The Hall–Kier alpha value is -2.64. The topological polar surface area (TPSA) is 70.4 Å². The highest BCUT2D eigenvalue weighted by Crippen LogP contribution is 2.47. The van der Waals surface area contributed by atoms with E-state index in [4.69, 9.17) is 4.74 Å². The van der Waals surface area contributed by atoms with Crippen LogP contribution in [-0.2, 0) is 6.42 Å². The van der Waals surface area contributed by atoms with Gasteiger partial charge < -0.3 is 19.5 Å². The minimum atomic E-state index is -2.69. The van der Waals surface area contributed by atoms with Crippen molar-refractivity contribution in [1.29, 1.82) is 0 Å². The number of anilines is 1. The molecule has 154 valence electrons. The van der Waals surface area contributed by atoms with Crippen molar-refractivity contribution in [3.63, 3.8) is 0 Å². The van der Waals surface area contributed by atoms with E-state index in [1.807, 2.05) is 17.8 Å². The van der Waals surface area contributed by atoms with Gasteiger partial charge in [0.2, 0.25) is 0 Å². The number of alkyl halides is 2. The maximum atomic E-state index is 13.4. The van der Waals surface area contributed by atoms with E-state index in [1.54, 1.807) is 18.3 Å². The molecule has 0 radical (unpaired) electrons. The number of rotatable bonds is 4. The first-order valence-electron chi connectivity index (χ1n) is 10.1. The number of hydrogen-bond acceptors (Lipinski definition) is 4. The van der Waals surface area contributed by atoms with Gasteiger partial charge in [-0.3, -0.25) is 4.68 Å². The standard InChI is InChI=1S/C21H23F2N3O3/c1-12-2-5-17-18(26(12)20(27)28)7-6-16(13-10-24-25(11-13)14-3-4-14)19(17)29-15-8-21(22,23)9-15/h6-7,10-12,14-15H,2-5,8-9H2,1H3,(H,27,28)/p-1/t12-/m0/s1. The van der Waals surface area contributed by atoms with Gasteiger partial charge in [-0.1, -0.05) is 0 Å². The van der Waals surface area contributed by atoms with Gasteiger partial charge in [-0.05, 0) is 44.7 Å². The molecule has 2 fully saturated rings. The average Bonchev–Trinajstić information content (AvgIpc) is 3.37. The molecule has 0 saturated heterocycles. The summed E-state index contributed by atoms with van der Waals surface area (Å²) in [7, 11) is 0. The monoisotopic (exact) mass is 402 g/mol. The van der Waals surface area contributed by atoms with Gasteiger partial charge in [0.1, 0.15) is 17.9 Å². The Labute approximate surface area is 167 Å². The van der Waals surface area contributed by atoms with Gasteiger partial charge in [-0.2, -0.15) is 5.10 Å². The molecule has 0 N–H and O–H groups in total. The lowest BCUT2D eigenvalue weighted by Gasteiger charge is -2.40. The van der Waals surface area contributed by atoms with Crippen molar-refractivity contribution in [3.05, 3.63) is 30.1 Å². The number of benzene rings is 1. The molecule has 1 aliphatic heterocycles. The first-order chi connectivity index (χ1) is 13.8. The number of amides is 1. The number of aromatic nitrogens is 2. The molecule has 29 heavy (non-hydrogen) atoms. The molecule has 1 atom stereocenters. The van der Waals surface area contributed by atoms with Crippen molar-refractivity contribution < 1.29 is 23.4 Å².